The van der Waals surface area contributed by atoms with Gasteiger partial charge in [-0.2, -0.15) is 4.98 Å². The lowest BCUT2D eigenvalue weighted by Crippen LogP contribution is -2.00. The first-order valence-corrected chi connectivity index (χ1v) is 4.78. The minimum atomic E-state index is -0.920. The van der Waals surface area contributed by atoms with Gasteiger partial charge in [-0.15, -0.1) is 0 Å². The molecule has 0 fully saturated rings. The van der Waals surface area contributed by atoms with Crippen molar-refractivity contribution in [1.82, 2.24) is 9.97 Å². The summed E-state index contributed by atoms with van der Waals surface area (Å²) in [5, 5.41) is 0. The van der Waals surface area contributed by atoms with Gasteiger partial charge in [0, 0.05) is 11.8 Å². The Bertz CT molecular complexity index is 543. The van der Waals surface area contributed by atoms with Gasteiger partial charge in [0.1, 0.15) is 5.75 Å². The monoisotopic (exact) mass is 237 g/mol. The van der Waals surface area contributed by atoms with Crippen molar-refractivity contribution in [2.24, 2.45) is 0 Å². The van der Waals surface area contributed by atoms with E-state index in [1.54, 1.807) is 19.1 Å². The molecule has 0 saturated heterocycles. The lowest BCUT2D eigenvalue weighted by atomic mass is 10.4. The number of rotatable bonds is 2. The largest absolute Gasteiger partial charge is 0.435 e. The van der Waals surface area contributed by atoms with Crippen LogP contribution in [0.15, 0.2) is 24.4 Å². The Morgan fingerprint density at radius 3 is 2.65 bits per heavy atom. The molecule has 0 spiro atoms. The van der Waals surface area contributed by atoms with Crippen molar-refractivity contribution in [3.05, 3.63) is 41.7 Å². The summed E-state index contributed by atoms with van der Waals surface area (Å²) in [5.41, 5.74) is 6.01. The molecule has 2 aromatic rings. The van der Waals surface area contributed by atoms with E-state index < -0.39 is 17.5 Å². The van der Waals surface area contributed by atoms with Gasteiger partial charge >= 0.3 is 0 Å². The van der Waals surface area contributed by atoms with Gasteiger partial charge in [0.25, 0.3) is 5.88 Å². The molecule has 0 bridgehead atoms. The van der Waals surface area contributed by atoms with E-state index in [-0.39, 0.29) is 5.88 Å². The molecule has 4 nitrogen and oxygen atoms in total. The number of aryl methyl sites for hydroxylation is 1. The van der Waals surface area contributed by atoms with Gasteiger partial charge < -0.3 is 10.5 Å². The standard InChI is InChI=1S/C11H9F2N3O/c1-6-2-3-7(5-15-6)17-11-9(13)4-8(12)10(14)16-11/h2-5H,1H3,(H2,14,16). The molecule has 0 radical (unpaired) electrons. The Morgan fingerprint density at radius 1 is 1.24 bits per heavy atom. The number of ether oxygens (including phenoxy) is 1. The van der Waals surface area contributed by atoms with Crippen LogP contribution in [0.4, 0.5) is 14.6 Å². The normalized spacial score (nSPS) is 10.3. The van der Waals surface area contributed by atoms with Crippen molar-refractivity contribution in [2.45, 2.75) is 6.92 Å². The van der Waals surface area contributed by atoms with Crippen LogP contribution in [0.2, 0.25) is 0 Å². The summed E-state index contributed by atoms with van der Waals surface area (Å²) in [4.78, 5) is 7.43. The summed E-state index contributed by atoms with van der Waals surface area (Å²) in [5.74, 6) is -2.34. The molecule has 0 saturated carbocycles. The molecule has 0 aromatic carbocycles. The average Bonchev–Trinajstić information content (AvgIpc) is 2.29. The molecule has 2 N–H and O–H groups in total. The van der Waals surface area contributed by atoms with E-state index in [0.29, 0.717) is 11.8 Å². The summed E-state index contributed by atoms with van der Waals surface area (Å²) >= 11 is 0. The lowest BCUT2D eigenvalue weighted by molar-refractivity contribution is 0.417. The minimum absolute atomic E-state index is 0.299. The van der Waals surface area contributed by atoms with Gasteiger partial charge in [-0.3, -0.25) is 4.98 Å². The number of aromatic nitrogens is 2. The van der Waals surface area contributed by atoms with Crippen LogP contribution in [-0.4, -0.2) is 9.97 Å². The molecule has 0 aliphatic rings. The van der Waals surface area contributed by atoms with Crippen LogP contribution in [0.25, 0.3) is 0 Å². The maximum atomic E-state index is 13.3. The number of hydrogen-bond acceptors (Lipinski definition) is 4. The van der Waals surface area contributed by atoms with Crippen LogP contribution in [0.5, 0.6) is 11.6 Å². The zero-order chi connectivity index (χ0) is 12.4. The first-order chi connectivity index (χ1) is 8.06. The zero-order valence-electron chi connectivity index (χ0n) is 8.95. The average molecular weight is 237 g/mol. The molecule has 0 aliphatic heterocycles. The molecular weight excluding hydrogens is 228 g/mol. The number of nitrogens with zero attached hydrogens (tertiary/aromatic N) is 2. The Balaban J connectivity index is 2.30. The second-order valence-corrected chi connectivity index (χ2v) is 3.38. The SMILES string of the molecule is Cc1ccc(Oc2nc(N)c(F)cc2F)cn1. The van der Waals surface area contributed by atoms with Crippen molar-refractivity contribution < 1.29 is 13.5 Å². The van der Waals surface area contributed by atoms with E-state index in [2.05, 4.69) is 9.97 Å². The van der Waals surface area contributed by atoms with Gasteiger partial charge in [0.15, 0.2) is 17.5 Å². The number of nitrogens with two attached hydrogens (primary N) is 1. The van der Waals surface area contributed by atoms with E-state index in [1.807, 2.05) is 0 Å². The fourth-order valence-corrected chi connectivity index (χ4v) is 1.16. The third kappa shape index (κ3) is 2.47. The Hall–Kier alpha value is -2.24. The Labute approximate surface area is 96.1 Å². The molecule has 17 heavy (non-hydrogen) atoms. The highest BCUT2D eigenvalue weighted by Crippen LogP contribution is 2.24. The van der Waals surface area contributed by atoms with Crippen LogP contribution in [0.1, 0.15) is 5.69 Å². The van der Waals surface area contributed by atoms with E-state index in [9.17, 15) is 8.78 Å². The minimum Gasteiger partial charge on any atom is -0.435 e. The van der Waals surface area contributed by atoms with Crippen LogP contribution < -0.4 is 10.5 Å². The smallest absolute Gasteiger partial charge is 0.258 e. The second kappa shape index (κ2) is 4.32. The molecule has 2 aromatic heterocycles. The maximum absolute atomic E-state index is 13.3. The van der Waals surface area contributed by atoms with Crippen molar-refractivity contribution >= 4 is 5.82 Å². The molecule has 0 aliphatic carbocycles. The summed E-state index contributed by atoms with van der Waals surface area (Å²) < 4.78 is 31.3. The second-order valence-electron chi connectivity index (χ2n) is 3.38. The lowest BCUT2D eigenvalue weighted by Gasteiger charge is -2.06. The predicted molar refractivity (Wildman–Crippen MR) is 57.6 cm³/mol. The fourth-order valence-electron chi connectivity index (χ4n) is 1.16. The summed E-state index contributed by atoms with van der Waals surface area (Å²) in [6.07, 6.45) is 1.41. The molecule has 0 atom stereocenters. The highest BCUT2D eigenvalue weighted by Gasteiger charge is 2.11. The summed E-state index contributed by atoms with van der Waals surface area (Å²) in [6.45, 7) is 1.80. The van der Waals surface area contributed by atoms with E-state index in [4.69, 9.17) is 10.5 Å². The number of hydrogen-bond donors (Lipinski definition) is 1. The molecule has 0 amide bonds. The van der Waals surface area contributed by atoms with Crippen molar-refractivity contribution in [3.8, 4) is 11.6 Å². The van der Waals surface area contributed by atoms with E-state index in [0.717, 1.165) is 5.69 Å². The molecular formula is C11H9F2N3O. The van der Waals surface area contributed by atoms with Gasteiger partial charge in [-0.1, -0.05) is 0 Å². The van der Waals surface area contributed by atoms with Gasteiger partial charge in [-0.05, 0) is 19.1 Å². The molecule has 2 rings (SSSR count). The topological polar surface area (TPSA) is 61.0 Å². The fraction of sp³-hybridized carbons (Fsp3) is 0.0909. The summed E-state index contributed by atoms with van der Waals surface area (Å²) in [6, 6.07) is 3.92. The van der Waals surface area contributed by atoms with Crippen LogP contribution in [0.3, 0.4) is 0 Å². The van der Waals surface area contributed by atoms with Crippen LogP contribution in [-0.2, 0) is 0 Å². The first-order valence-electron chi connectivity index (χ1n) is 4.78. The quantitative estimate of drug-likeness (QED) is 0.871. The maximum Gasteiger partial charge on any atom is 0.258 e. The molecule has 6 heteroatoms. The Kier molecular flexibility index (Phi) is 2.86. The number of pyridine rings is 2. The van der Waals surface area contributed by atoms with Crippen LogP contribution >= 0.6 is 0 Å². The number of nitrogen functional groups attached to an aromatic ring is 1. The van der Waals surface area contributed by atoms with Crippen molar-refractivity contribution in [2.75, 3.05) is 5.73 Å². The highest BCUT2D eigenvalue weighted by molar-refractivity contribution is 5.36. The number of anilines is 1. The predicted octanol–water partition coefficient (Wildman–Crippen LogP) is 2.44. The highest BCUT2D eigenvalue weighted by atomic mass is 19.1. The van der Waals surface area contributed by atoms with E-state index >= 15 is 0 Å². The Morgan fingerprint density at radius 2 is 2.00 bits per heavy atom. The van der Waals surface area contributed by atoms with Gasteiger partial charge in [0.05, 0.1) is 6.20 Å². The number of halogens is 2. The van der Waals surface area contributed by atoms with Crippen molar-refractivity contribution in [3.63, 3.8) is 0 Å². The molecule has 0 unspecified atom stereocenters. The first kappa shape index (κ1) is 11.3. The molecule has 2 heterocycles. The third-order valence-corrected chi connectivity index (χ3v) is 2.02. The van der Waals surface area contributed by atoms with Gasteiger partial charge in [0.2, 0.25) is 0 Å². The third-order valence-electron chi connectivity index (χ3n) is 2.02. The van der Waals surface area contributed by atoms with Crippen LogP contribution in [0, 0.1) is 18.6 Å². The van der Waals surface area contributed by atoms with Crippen molar-refractivity contribution in [1.29, 1.82) is 0 Å². The summed E-state index contributed by atoms with van der Waals surface area (Å²) in [7, 11) is 0. The molecule has 88 valence electrons. The van der Waals surface area contributed by atoms with Gasteiger partial charge in [-0.25, -0.2) is 8.78 Å². The van der Waals surface area contributed by atoms with E-state index in [1.165, 1.54) is 6.20 Å². The zero-order valence-corrected chi connectivity index (χ0v) is 8.95.